The van der Waals surface area contributed by atoms with Gasteiger partial charge < -0.3 is 24.7 Å². The van der Waals surface area contributed by atoms with E-state index in [-0.39, 0.29) is 17.8 Å². The zero-order chi connectivity index (χ0) is 29.1. The summed E-state index contributed by atoms with van der Waals surface area (Å²) in [5.74, 6) is -2.11. The van der Waals surface area contributed by atoms with Gasteiger partial charge in [-0.05, 0) is 93.3 Å². The number of nitrogens with zero attached hydrogens (tertiary/aromatic N) is 1. The van der Waals surface area contributed by atoms with Crippen molar-refractivity contribution in [3.63, 3.8) is 0 Å². The average Bonchev–Trinajstić information content (AvgIpc) is 3.45. The molecule has 2 aromatic carbocycles. The van der Waals surface area contributed by atoms with Crippen LogP contribution < -0.4 is 15.5 Å². The van der Waals surface area contributed by atoms with Crippen LogP contribution >= 0.6 is 0 Å². The molecule has 0 fully saturated rings. The second kappa shape index (κ2) is 11.4. The standard InChI is InChI=1S/C31H31N3O6/c1-17-11-18(2)13-23(12-17)34-21(5)27(31(38)39-6)28(35)26(34)15-24-9-10-25(40-24)16-32-29(36)30(37)33-22-8-7-19(3)20(4)14-22/h7-15H,16H2,1-6H3,(H,32,36)(H,33,37)/b26-15+. The number of Topliss-reactive ketones (excluding diaryl/α,β-unsaturated/α-hetero) is 1. The van der Waals surface area contributed by atoms with Gasteiger partial charge in [0.2, 0.25) is 5.78 Å². The number of methoxy groups -OCH3 is 1. The van der Waals surface area contributed by atoms with E-state index in [2.05, 4.69) is 10.6 Å². The number of nitrogens with one attached hydrogen (secondary N) is 2. The molecule has 2 amide bonds. The summed E-state index contributed by atoms with van der Waals surface area (Å²) in [4.78, 5) is 52.2. The lowest BCUT2D eigenvalue weighted by atomic mass is 10.1. The second-order valence-corrected chi connectivity index (χ2v) is 9.73. The zero-order valence-electron chi connectivity index (χ0n) is 23.3. The third-order valence-electron chi connectivity index (χ3n) is 6.61. The maximum Gasteiger partial charge on any atom is 0.343 e. The summed E-state index contributed by atoms with van der Waals surface area (Å²) >= 11 is 0. The molecule has 9 heteroatoms. The Labute approximate surface area is 232 Å². The van der Waals surface area contributed by atoms with E-state index in [1.165, 1.54) is 13.2 Å². The van der Waals surface area contributed by atoms with Crippen molar-refractivity contribution in [1.82, 2.24) is 5.32 Å². The number of anilines is 2. The fourth-order valence-corrected chi connectivity index (χ4v) is 4.53. The summed E-state index contributed by atoms with van der Waals surface area (Å²) < 4.78 is 10.7. The number of furan rings is 1. The number of rotatable bonds is 6. The van der Waals surface area contributed by atoms with Crippen molar-refractivity contribution in [1.29, 1.82) is 0 Å². The van der Waals surface area contributed by atoms with Crippen LogP contribution in [0.1, 0.15) is 40.7 Å². The number of ketones is 1. The molecule has 1 aliphatic rings. The predicted octanol–water partition coefficient (Wildman–Crippen LogP) is 4.65. The summed E-state index contributed by atoms with van der Waals surface area (Å²) in [7, 11) is 1.23. The molecule has 2 heterocycles. The Bertz CT molecular complexity index is 1570. The molecule has 3 aromatic rings. The number of carbonyl (C=O) groups is 4. The molecule has 0 atom stereocenters. The van der Waals surface area contributed by atoms with Gasteiger partial charge in [-0.2, -0.15) is 0 Å². The predicted molar refractivity (Wildman–Crippen MR) is 151 cm³/mol. The molecule has 0 saturated carbocycles. The number of hydrogen-bond donors (Lipinski definition) is 2. The molecule has 0 unspecified atom stereocenters. The van der Waals surface area contributed by atoms with E-state index < -0.39 is 23.6 Å². The molecule has 40 heavy (non-hydrogen) atoms. The normalized spacial score (nSPS) is 14.1. The molecule has 2 N–H and O–H groups in total. The van der Waals surface area contributed by atoms with Gasteiger partial charge in [0.15, 0.2) is 0 Å². The maximum absolute atomic E-state index is 13.3. The first-order valence-corrected chi connectivity index (χ1v) is 12.7. The molecule has 0 spiro atoms. The molecular formula is C31H31N3O6. The van der Waals surface area contributed by atoms with Gasteiger partial charge in [0.25, 0.3) is 0 Å². The number of benzene rings is 2. The molecule has 1 aromatic heterocycles. The highest BCUT2D eigenvalue weighted by molar-refractivity contribution is 6.39. The number of aryl methyl sites for hydroxylation is 4. The summed E-state index contributed by atoms with van der Waals surface area (Å²) in [5, 5.41) is 5.11. The van der Waals surface area contributed by atoms with Crippen LogP contribution in [0.15, 0.2) is 69.9 Å². The molecule has 4 rings (SSSR count). The molecule has 1 aliphatic heterocycles. The Kier molecular flexibility index (Phi) is 8.04. The van der Waals surface area contributed by atoms with Crippen molar-refractivity contribution >= 4 is 41.0 Å². The van der Waals surface area contributed by atoms with E-state index in [1.807, 2.05) is 52.0 Å². The minimum Gasteiger partial charge on any atom is -0.465 e. The lowest BCUT2D eigenvalue weighted by Crippen LogP contribution is -2.34. The Morgan fingerprint density at radius 1 is 0.900 bits per heavy atom. The monoisotopic (exact) mass is 541 g/mol. The topological polar surface area (TPSA) is 118 Å². The summed E-state index contributed by atoms with van der Waals surface area (Å²) in [5.41, 5.74) is 5.94. The maximum atomic E-state index is 13.3. The van der Waals surface area contributed by atoms with Crippen LogP contribution in [-0.4, -0.2) is 30.7 Å². The van der Waals surface area contributed by atoms with Crippen LogP contribution in [0.5, 0.6) is 0 Å². The van der Waals surface area contributed by atoms with Crippen LogP contribution in [0.25, 0.3) is 6.08 Å². The van der Waals surface area contributed by atoms with Gasteiger partial charge in [0.1, 0.15) is 17.1 Å². The number of hydrogen-bond acceptors (Lipinski definition) is 7. The summed E-state index contributed by atoms with van der Waals surface area (Å²) in [6.07, 6.45) is 1.54. The third kappa shape index (κ3) is 5.88. The fourth-order valence-electron chi connectivity index (χ4n) is 4.53. The molecule has 0 aliphatic carbocycles. The average molecular weight is 542 g/mol. The quantitative estimate of drug-likeness (QED) is 0.202. The minimum absolute atomic E-state index is 0.0399. The SMILES string of the molecule is COC(=O)C1=C(C)N(c2cc(C)cc(C)c2)/C(=C/c2ccc(CNC(=O)C(=O)Nc3ccc(C)c(C)c3)o2)C1=O. The first-order chi connectivity index (χ1) is 19.0. The van der Waals surface area contributed by atoms with E-state index in [9.17, 15) is 19.2 Å². The lowest BCUT2D eigenvalue weighted by molar-refractivity contribution is -0.137. The highest BCUT2D eigenvalue weighted by atomic mass is 16.5. The van der Waals surface area contributed by atoms with Gasteiger partial charge in [0.05, 0.1) is 19.4 Å². The van der Waals surface area contributed by atoms with Gasteiger partial charge in [-0.25, -0.2) is 4.79 Å². The summed E-state index contributed by atoms with van der Waals surface area (Å²) in [6, 6.07) is 14.5. The van der Waals surface area contributed by atoms with Crippen LogP contribution in [0, 0.1) is 27.7 Å². The summed E-state index contributed by atoms with van der Waals surface area (Å²) in [6.45, 7) is 9.43. The molecule has 0 radical (unpaired) electrons. The van der Waals surface area contributed by atoms with E-state index in [4.69, 9.17) is 9.15 Å². The minimum atomic E-state index is -0.816. The molecule has 0 saturated heterocycles. The first kappa shape index (κ1) is 28.1. The number of allylic oxidation sites excluding steroid dienone is 2. The molecule has 9 nitrogen and oxygen atoms in total. The Morgan fingerprint density at radius 2 is 1.60 bits per heavy atom. The molecular weight excluding hydrogens is 510 g/mol. The smallest absolute Gasteiger partial charge is 0.343 e. The Balaban J connectivity index is 1.52. The Morgan fingerprint density at radius 3 is 2.25 bits per heavy atom. The Hall–Kier alpha value is -4.92. The van der Waals surface area contributed by atoms with Crippen molar-refractivity contribution < 1.29 is 28.3 Å². The van der Waals surface area contributed by atoms with Crippen molar-refractivity contribution in [3.8, 4) is 0 Å². The van der Waals surface area contributed by atoms with Gasteiger partial charge in [-0.1, -0.05) is 12.1 Å². The van der Waals surface area contributed by atoms with Crippen molar-refractivity contribution in [2.75, 3.05) is 17.3 Å². The lowest BCUT2D eigenvalue weighted by Gasteiger charge is -2.22. The zero-order valence-corrected chi connectivity index (χ0v) is 23.3. The van der Waals surface area contributed by atoms with Gasteiger partial charge in [-0.3, -0.25) is 14.4 Å². The van der Waals surface area contributed by atoms with Crippen molar-refractivity contribution in [2.45, 2.75) is 41.2 Å². The highest BCUT2D eigenvalue weighted by Gasteiger charge is 2.38. The second-order valence-electron chi connectivity index (χ2n) is 9.73. The van der Waals surface area contributed by atoms with E-state index in [0.29, 0.717) is 22.9 Å². The number of amides is 2. The number of carbonyl (C=O) groups excluding carboxylic acids is 4. The van der Waals surface area contributed by atoms with E-state index in [0.717, 1.165) is 27.9 Å². The van der Waals surface area contributed by atoms with Crippen LogP contribution in [-0.2, 0) is 30.5 Å². The van der Waals surface area contributed by atoms with Gasteiger partial charge in [-0.15, -0.1) is 0 Å². The largest absolute Gasteiger partial charge is 0.465 e. The molecule has 0 bridgehead atoms. The van der Waals surface area contributed by atoms with Gasteiger partial charge in [0, 0.05) is 23.1 Å². The number of esters is 1. The van der Waals surface area contributed by atoms with Crippen molar-refractivity contribution in [3.05, 3.63) is 99.3 Å². The third-order valence-corrected chi connectivity index (χ3v) is 6.61. The molecule has 206 valence electrons. The van der Waals surface area contributed by atoms with Crippen molar-refractivity contribution in [2.24, 2.45) is 0 Å². The van der Waals surface area contributed by atoms with Gasteiger partial charge >= 0.3 is 17.8 Å². The highest BCUT2D eigenvalue weighted by Crippen LogP contribution is 2.36. The first-order valence-electron chi connectivity index (χ1n) is 12.7. The van der Waals surface area contributed by atoms with Crippen LogP contribution in [0.3, 0.4) is 0 Å². The van der Waals surface area contributed by atoms with Crippen LogP contribution in [0.2, 0.25) is 0 Å². The number of ether oxygens (including phenoxy) is 1. The van der Waals surface area contributed by atoms with E-state index in [1.54, 1.807) is 36.1 Å². The van der Waals surface area contributed by atoms with Crippen LogP contribution in [0.4, 0.5) is 11.4 Å². The van der Waals surface area contributed by atoms with E-state index >= 15 is 0 Å². The fraction of sp³-hybridized carbons (Fsp3) is 0.226.